The summed E-state index contributed by atoms with van der Waals surface area (Å²) in [6.07, 6.45) is 0. The molecule has 0 radical (unpaired) electrons. The van der Waals surface area contributed by atoms with E-state index < -0.39 is 5.97 Å². The SMILES string of the molecule is COC(=O)c1ccc(-c2n[nH]nc2-c2cc(OC)c(OC)c(OC)c2)cc1. The number of aromatic amines is 1. The van der Waals surface area contributed by atoms with Crippen LogP contribution < -0.4 is 14.2 Å². The maximum absolute atomic E-state index is 11.6. The van der Waals surface area contributed by atoms with Gasteiger partial charge in [-0.25, -0.2) is 4.79 Å². The van der Waals surface area contributed by atoms with Gasteiger partial charge in [0.25, 0.3) is 0 Å². The maximum Gasteiger partial charge on any atom is 0.337 e. The number of rotatable bonds is 6. The van der Waals surface area contributed by atoms with Crippen molar-refractivity contribution >= 4 is 5.97 Å². The van der Waals surface area contributed by atoms with Crippen LogP contribution in [0, 0.1) is 0 Å². The molecule has 140 valence electrons. The van der Waals surface area contributed by atoms with Gasteiger partial charge in [-0.05, 0) is 24.3 Å². The molecule has 0 aliphatic rings. The molecule has 8 heteroatoms. The standard InChI is InChI=1S/C19H19N3O5/c1-24-14-9-13(10-15(25-2)18(14)26-3)17-16(20-22-21-17)11-5-7-12(8-6-11)19(23)27-4/h5-10H,1-4H3,(H,20,21,22). The number of carbonyl (C=O) groups is 1. The first-order chi connectivity index (χ1) is 13.1. The minimum absolute atomic E-state index is 0.397. The van der Waals surface area contributed by atoms with E-state index in [1.165, 1.54) is 7.11 Å². The van der Waals surface area contributed by atoms with Crippen molar-refractivity contribution in [1.82, 2.24) is 15.4 Å². The van der Waals surface area contributed by atoms with E-state index in [0.717, 1.165) is 11.1 Å². The number of carbonyl (C=O) groups excluding carboxylic acids is 1. The molecule has 0 spiro atoms. The molecular weight excluding hydrogens is 350 g/mol. The summed E-state index contributed by atoms with van der Waals surface area (Å²) in [5, 5.41) is 11.2. The molecule has 1 N–H and O–H groups in total. The molecule has 0 fully saturated rings. The highest BCUT2D eigenvalue weighted by Gasteiger charge is 2.19. The van der Waals surface area contributed by atoms with E-state index in [4.69, 9.17) is 18.9 Å². The molecule has 0 aliphatic heterocycles. The van der Waals surface area contributed by atoms with Gasteiger partial charge < -0.3 is 18.9 Å². The van der Waals surface area contributed by atoms with Crippen molar-refractivity contribution in [1.29, 1.82) is 0 Å². The zero-order valence-electron chi connectivity index (χ0n) is 15.4. The van der Waals surface area contributed by atoms with E-state index in [9.17, 15) is 4.79 Å². The molecule has 0 atom stereocenters. The van der Waals surface area contributed by atoms with Gasteiger partial charge >= 0.3 is 5.97 Å². The highest BCUT2D eigenvalue weighted by Crippen LogP contribution is 2.42. The number of benzene rings is 2. The molecule has 1 aromatic heterocycles. The van der Waals surface area contributed by atoms with Gasteiger partial charge in [0.05, 0.1) is 34.0 Å². The first-order valence-corrected chi connectivity index (χ1v) is 8.02. The lowest BCUT2D eigenvalue weighted by atomic mass is 10.0. The van der Waals surface area contributed by atoms with Gasteiger partial charge in [-0.3, -0.25) is 0 Å². The second-order valence-corrected chi connectivity index (χ2v) is 5.50. The number of nitrogens with one attached hydrogen (secondary N) is 1. The van der Waals surface area contributed by atoms with Crippen LogP contribution in [0.5, 0.6) is 17.2 Å². The van der Waals surface area contributed by atoms with Crippen LogP contribution in [0.15, 0.2) is 36.4 Å². The minimum atomic E-state index is -0.397. The zero-order valence-corrected chi connectivity index (χ0v) is 15.4. The van der Waals surface area contributed by atoms with Crippen LogP contribution in [0.4, 0.5) is 0 Å². The third-order valence-corrected chi connectivity index (χ3v) is 4.07. The van der Waals surface area contributed by atoms with Crippen molar-refractivity contribution in [3.05, 3.63) is 42.0 Å². The van der Waals surface area contributed by atoms with Crippen LogP contribution in [0.1, 0.15) is 10.4 Å². The van der Waals surface area contributed by atoms with Gasteiger partial charge in [0, 0.05) is 11.1 Å². The van der Waals surface area contributed by atoms with Crippen molar-refractivity contribution in [2.75, 3.05) is 28.4 Å². The minimum Gasteiger partial charge on any atom is -0.493 e. The Balaban J connectivity index is 2.06. The topological polar surface area (TPSA) is 95.6 Å². The molecule has 3 rings (SSSR count). The highest BCUT2D eigenvalue weighted by atomic mass is 16.5. The van der Waals surface area contributed by atoms with Gasteiger partial charge in [-0.15, -0.1) is 0 Å². The van der Waals surface area contributed by atoms with Gasteiger partial charge in [0.2, 0.25) is 5.75 Å². The van der Waals surface area contributed by atoms with Crippen LogP contribution in [-0.2, 0) is 4.74 Å². The van der Waals surface area contributed by atoms with Crippen LogP contribution in [-0.4, -0.2) is 49.8 Å². The molecular formula is C19H19N3O5. The number of nitrogens with zero attached hydrogens (tertiary/aromatic N) is 2. The Morgan fingerprint density at radius 1 is 0.815 bits per heavy atom. The molecule has 8 nitrogen and oxygen atoms in total. The zero-order chi connectivity index (χ0) is 19.4. The molecule has 0 unspecified atom stereocenters. The Labute approximate surface area is 156 Å². The molecule has 2 aromatic carbocycles. The molecule has 0 bridgehead atoms. The van der Waals surface area contributed by atoms with E-state index in [-0.39, 0.29) is 0 Å². The quantitative estimate of drug-likeness (QED) is 0.667. The Hall–Kier alpha value is -3.55. The first-order valence-electron chi connectivity index (χ1n) is 8.02. The summed E-state index contributed by atoms with van der Waals surface area (Å²) in [6.45, 7) is 0. The molecule has 27 heavy (non-hydrogen) atoms. The van der Waals surface area contributed by atoms with Crippen LogP contribution in [0.25, 0.3) is 22.5 Å². The van der Waals surface area contributed by atoms with E-state index in [1.54, 1.807) is 57.7 Å². The fraction of sp³-hybridized carbons (Fsp3) is 0.211. The van der Waals surface area contributed by atoms with Gasteiger partial charge in [-0.1, -0.05) is 12.1 Å². The van der Waals surface area contributed by atoms with Crippen molar-refractivity contribution in [2.24, 2.45) is 0 Å². The molecule has 0 amide bonds. The molecule has 0 saturated heterocycles. The number of aromatic nitrogens is 3. The van der Waals surface area contributed by atoms with Gasteiger partial charge in [0.1, 0.15) is 11.4 Å². The summed E-state index contributed by atoms with van der Waals surface area (Å²) < 4.78 is 20.9. The van der Waals surface area contributed by atoms with Crippen molar-refractivity contribution in [3.8, 4) is 39.8 Å². The maximum atomic E-state index is 11.6. The fourth-order valence-corrected chi connectivity index (χ4v) is 2.73. The third-order valence-electron chi connectivity index (χ3n) is 4.07. The van der Waals surface area contributed by atoms with E-state index in [2.05, 4.69) is 15.4 Å². The molecule has 0 saturated carbocycles. The summed E-state index contributed by atoms with van der Waals surface area (Å²) >= 11 is 0. The summed E-state index contributed by atoms with van der Waals surface area (Å²) in [6, 6.07) is 10.5. The molecule has 0 aliphatic carbocycles. The Kier molecular flexibility index (Phi) is 5.25. The Morgan fingerprint density at radius 3 is 1.85 bits per heavy atom. The average Bonchev–Trinajstić information content (AvgIpc) is 3.21. The smallest absolute Gasteiger partial charge is 0.337 e. The van der Waals surface area contributed by atoms with Crippen LogP contribution in [0.2, 0.25) is 0 Å². The second kappa shape index (κ2) is 7.77. The monoisotopic (exact) mass is 369 g/mol. The largest absolute Gasteiger partial charge is 0.493 e. The van der Waals surface area contributed by atoms with Gasteiger partial charge in [-0.2, -0.15) is 15.4 Å². The van der Waals surface area contributed by atoms with Crippen molar-refractivity contribution in [3.63, 3.8) is 0 Å². The third kappa shape index (κ3) is 3.41. The summed E-state index contributed by atoms with van der Waals surface area (Å²) in [7, 11) is 5.99. The number of hydrogen-bond acceptors (Lipinski definition) is 7. The van der Waals surface area contributed by atoms with E-state index in [1.807, 2.05) is 0 Å². The summed E-state index contributed by atoms with van der Waals surface area (Å²) in [5.41, 5.74) is 3.23. The predicted molar refractivity (Wildman–Crippen MR) is 98.3 cm³/mol. The lowest BCUT2D eigenvalue weighted by Crippen LogP contribution is -2.00. The Morgan fingerprint density at radius 2 is 1.37 bits per heavy atom. The van der Waals surface area contributed by atoms with Crippen molar-refractivity contribution < 1.29 is 23.7 Å². The summed E-state index contributed by atoms with van der Waals surface area (Å²) in [5.74, 6) is 1.13. The number of hydrogen-bond donors (Lipinski definition) is 1. The highest BCUT2D eigenvalue weighted by molar-refractivity contribution is 5.90. The average molecular weight is 369 g/mol. The first kappa shape index (κ1) is 18.2. The lowest BCUT2D eigenvalue weighted by molar-refractivity contribution is 0.0601. The molecule has 3 aromatic rings. The number of ether oxygens (including phenoxy) is 4. The number of H-pyrrole nitrogens is 1. The van der Waals surface area contributed by atoms with Crippen molar-refractivity contribution in [2.45, 2.75) is 0 Å². The Bertz CT molecular complexity index is 925. The summed E-state index contributed by atoms with van der Waals surface area (Å²) in [4.78, 5) is 11.6. The van der Waals surface area contributed by atoms with Crippen LogP contribution >= 0.6 is 0 Å². The molecule has 1 heterocycles. The van der Waals surface area contributed by atoms with Gasteiger partial charge in [0.15, 0.2) is 11.5 Å². The second-order valence-electron chi connectivity index (χ2n) is 5.50. The number of methoxy groups -OCH3 is 4. The van der Waals surface area contributed by atoms with E-state index in [0.29, 0.717) is 34.2 Å². The van der Waals surface area contributed by atoms with Crippen LogP contribution in [0.3, 0.4) is 0 Å². The normalized spacial score (nSPS) is 10.4. The number of esters is 1. The predicted octanol–water partition coefficient (Wildman–Crippen LogP) is 2.95. The van der Waals surface area contributed by atoms with E-state index >= 15 is 0 Å². The lowest BCUT2D eigenvalue weighted by Gasteiger charge is -2.13. The fourth-order valence-electron chi connectivity index (χ4n) is 2.73.